The number of carbonyl (C=O) groups excluding carboxylic acids is 1. The highest BCUT2D eigenvalue weighted by Crippen LogP contribution is 2.38. The first-order valence-electron chi connectivity index (χ1n) is 8.12. The number of hydrogen-bond donors (Lipinski definition) is 3. The molecule has 1 aliphatic rings. The van der Waals surface area contributed by atoms with Crippen molar-refractivity contribution in [3.05, 3.63) is 47.5 Å². The second kappa shape index (κ2) is 6.39. The Morgan fingerprint density at radius 3 is 2.76 bits per heavy atom. The summed E-state index contributed by atoms with van der Waals surface area (Å²) in [7, 11) is 1.62. The van der Waals surface area contributed by atoms with E-state index in [0.717, 1.165) is 29.8 Å². The van der Waals surface area contributed by atoms with Crippen molar-refractivity contribution in [1.82, 2.24) is 30.7 Å². The first kappa shape index (κ1) is 15.4. The van der Waals surface area contributed by atoms with Gasteiger partial charge in [0.2, 0.25) is 0 Å². The average Bonchev–Trinajstić information content (AvgIpc) is 3.19. The van der Waals surface area contributed by atoms with Gasteiger partial charge in [0, 0.05) is 17.2 Å². The van der Waals surface area contributed by atoms with Crippen LogP contribution in [0.25, 0.3) is 11.4 Å². The number of amides is 1. The van der Waals surface area contributed by atoms with Crippen molar-refractivity contribution in [1.29, 1.82) is 0 Å². The lowest BCUT2D eigenvalue weighted by Crippen LogP contribution is -2.23. The van der Waals surface area contributed by atoms with Crippen molar-refractivity contribution in [3.8, 4) is 17.1 Å². The van der Waals surface area contributed by atoms with Crippen LogP contribution in [-0.2, 0) is 6.54 Å². The van der Waals surface area contributed by atoms with E-state index in [1.807, 2.05) is 30.3 Å². The first-order chi connectivity index (χ1) is 12.2. The third-order valence-electron chi connectivity index (χ3n) is 4.14. The molecule has 0 bridgehead atoms. The van der Waals surface area contributed by atoms with E-state index in [2.05, 4.69) is 30.7 Å². The van der Waals surface area contributed by atoms with Gasteiger partial charge in [-0.15, -0.1) is 0 Å². The standard InChI is InChI=1S/C17H18N6O2/c1-25-12-6-4-11(5-7-12)16-19-15(22-23-16)9-18-17(24)14-8-13(20-21-14)10-2-3-10/h4-8,10H,2-3,9H2,1H3,(H,18,24)(H,20,21)(H,19,22,23). The minimum Gasteiger partial charge on any atom is -0.497 e. The maximum Gasteiger partial charge on any atom is 0.272 e. The van der Waals surface area contributed by atoms with Crippen LogP contribution in [0.4, 0.5) is 0 Å². The van der Waals surface area contributed by atoms with Crippen LogP contribution in [0.5, 0.6) is 5.75 Å². The number of hydrogen-bond acceptors (Lipinski definition) is 5. The summed E-state index contributed by atoms with van der Waals surface area (Å²) in [6.07, 6.45) is 2.32. The molecule has 0 radical (unpaired) electrons. The Labute approximate surface area is 144 Å². The highest BCUT2D eigenvalue weighted by atomic mass is 16.5. The van der Waals surface area contributed by atoms with E-state index >= 15 is 0 Å². The molecule has 2 heterocycles. The number of ether oxygens (including phenoxy) is 1. The third-order valence-corrected chi connectivity index (χ3v) is 4.14. The molecule has 1 amide bonds. The van der Waals surface area contributed by atoms with Gasteiger partial charge < -0.3 is 10.1 Å². The SMILES string of the molecule is COc1ccc(-c2n[nH]c(CNC(=O)c3cc(C4CC4)[nH]n3)n2)cc1. The average molecular weight is 338 g/mol. The molecule has 4 rings (SSSR count). The smallest absolute Gasteiger partial charge is 0.272 e. The lowest BCUT2D eigenvalue weighted by molar-refractivity contribution is 0.0945. The summed E-state index contributed by atoms with van der Waals surface area (Å²) >= 11 is 0. The summed E-state index contributed by atoms with van der Waals surface area (Å²) in [4.78, 5) is 16.5. The molecule has 8 nitrogen and oxygen atoms in total. The number of nitrogens with zero attached hydrogens (tertiary/aromatic N) is 3. The quantitative estimate of drug-likeness (QED) is 0.637. The van der Waals surface area contributed by atoms with E-state index in [4.69, 9.17) is 4.74 Å². The zero-order chi connectivity index (χ0) is 17.2. The van der Waals surface area contributed by atoms with Gasteiger partial charge in [-0.1, -0.05) is 0 Å². The fraction of sp³-hybridized carbons (Fsp3) is 0.294. The lowest BCUT2D eigenvalue weighted by atomic mass is 10.2. The first-order valence-corrected chi connectivity index (χ1v) is 8.12. The second-order valence-corrected chi connectivity index (χ2v) is 6.00. The van der Waals surface area contributed by atoms with Crippen LogP contribution in [-0.4, -0.2) is 38.4 Å². The molecule has 3 aromatic rings. The molecule has 25 heavy (non-hydrogen) atoms. The number of nitrogens with one attached hydrogen (secondary N) is 3. The maximum atomic E-state index is 12.2. The van der Waals surface area contributed by atoms with Gasteiger partial charge in [0.15, 0.2) is 5.82 Å². The number of rotatable bonds is 6. The number of aromatic amines is 2. The molecule has 0 aliphatic heterocycles. The number of aromatic nitrogens is 5. The Bertz CT molecular complexity index is 879. The largest absolute Gasteiger partial charge is 0.497 e. The molecule has 1 fully saturated rings. The molecule has 0 spiro atoms. The summed E-state index contributed by atoms with van der Waals surface area (Å²) in [6.45, 7) is 0.258. The number of H-pyrrole nitrogens is 2. The van der Waals surface area contributed by atoms with Gasteiger partial charge in [0.1, 0.15) is 17.3 Å². The topological polar surface area (TPSA) is 109 Å². The third kappa shape index (κ3) is 3.37. The molecule has 0 atom stereocenters. The maximum absolute atomic E-state index is 12.2. The zero-order valence-corrected chi connectivity index (χ0v) is 13.7. The molecule has 8 heteroatoms. The summed E-state index contributed by atoms with van der Waals surface area (Å²) < 4.78 is 5.13. The van der Waals surface area contributed by atoms with Crippen LogP contribution in [0.3, 0.4) is 0 Å². The Kier molecular flexibility index (Phi) is 3.93. The fourth-order valence-corrected chi connectivity index (χ4v) is 2.55. The monoisotopic (exact) mass is 338 g/mol. The lowest BCUT2D eigenvalue weighted by Gasteiger charge is -2.00. The van der Waals surface area contributed by atoms with Crippen molar-refractivity contribution >= 4 is 5.91 Å². The summed E-state index contributed by atoms with van der Waals surface area (Å²) in [5.41, 5.74) is 2.31. The molecular formula is C17H18N6O2. The Balaban J connectivity index is 1.37. The van der Waals surface area contributed by atoms with Crippen molar-refractivity contribution < 1.29 is 9.53 Å². The van der Waals surface area contributed by atoms with Crippen molar-refractivity contribution in [2.75, 3.05) is 7.11 Å². The Morgan fingerprint density at radius 2 is 2.04 bits per heavy atom. The predicted octanol–water partition coefficient (Wildman–Crippen LogP) is 2.01. The minimum atomic E-state index is -0.231. The van der Waals surface area contributed by atoms with Crippen LogP contribution < -0.4 is 10.1 Å². The van der Waals surface area contributed by atoms with Gasteiger partial charge in [-0.05, 0) is 43.2 Å². The molecule has 2 aromatic heterocycles. The molecule has 3 N–H and O–H groups in total. The van der Waals surface area contributed by atoms with E-state index in [-0.39, 0.29) is 12.5 Å². The van der Waals surface area contributed by atoms with Crippen LogP contribution >= 0.6 is 0 Å². The van der Waals surface area contributed by atoms with E-state index < -0.39 is 0 Å². The highest BCUT2D eigenvalue weighted by Gasteiger charge is 2.26. The van der Waals surface area contributed by atoms with Crippen LogP contribution in [0.1, 0.15) is 40.8 Å². The number of methoxy groups -OCH3 is 1. The van der Waals surface area contributed by atoms with Gasteiger partial charge >= 0.3 is 0 Å². The number of benzene rings is 1. The molecule has 1 saturated carbocycles. The van der Waals surface area contributed by atoms with E-state index in [0.29, 0.717) is 23.3 Å². The molecule has 1 aliphatic carbocycles. The molecule has 0 saturated heterocycles. The van der Waals surface area contributed by atoms with Gasteiger partial charge in [0.05, 0.1) is 13.7 Å². The van der Waals surface area contributed by atoms with E-state index in [9.17, 15) is 4.79 Å². The van der Waals surface area contributed by atoms with Gasteiger partial charge in [-0.25, -0.2) is 4.98 Å². The Morgan fingerprint density at radius 1 is 1.24 bits per heavy atom. The van der Waals surface area contributed by atoms with Crippen LogP contribution in [0.15, 0.2) is 30.3 Å². The van der Waals surface area contributed by atoms with Gasteiger partial charge in [0.25, 0.3) is 5.91 Å². The number of carbonyl (C=O) groups is 1. The van der Waals surface area contributed by atoms with Crippen molar-refractivity contribution in [3.63, 3.8) is 0 Å². The van der Waals surface area contributed by atoms with Crippen LogP contribution in [0.2, 0.25) is 0 Å². The van der Waals surface area contributed by atoms with Gasteiger partial charge in [-0.2, -0.15) is 10.2 Å². The fourth-order valence-electron chi connectivity index (χ4n) is 2.55. The second-order valence-electron chi connectivity index (χ2n) is 6.00. The minimum absolute atomic E-state index is 0.231. The predicted molar refractivity (Wildman–Crippen MR) is 90.1 cm³/mol. The molecule has 1 aromatic carbocycles. The zero-order valence-electron chi connectivity index (χ0n) is 13.7. The normalized spacial score (nSPS) is 13.6. The van der Waals surface area contributed by atoms with Crippen LogP contribution in [0, 0.1) is 0 Å². The van der Waals surface area contributed by atoms with E-state index in [1.165, 1.54) is 0 Å². The van der Waals surface area contributed by atoms with E-state index in [1.54, 1.807) is 7.11 Å². The van der Waals surface area contributed by atoms with Gasteiger partial charge in [-0.3, -0.25) is 15.0 Å². The van der Waals surface area contributed by atoms with Crippen molar-refractivity contribution in [2.24, 2.45) is 0 Å². The summed E-state index contributed by atoms with van der Waals surface area (Å²) in [6, 6.07) is 9.28. The summed E-state index contributed by atoms with van der Waals surface area (Å²) in [5.74, 6) is 2.23. The highest BCUT2D eigenvalue weighted by molar-refractivity contribution is 5.92. The Hall–Kier alpha value is -3.16. The van der Waals surface area contributed by atoms with Crippen molar-refractivity contribution in [2.45, 2.75) is 25.3 Å². The molecule has 0 unspecified atom stereocenters. The molecular weight excluding hydrogens is 320 g/mol. The molecule has 128 valence electrons. The summed E-state index contributed by atoms with van der Waals surface area (Å²) in [5, 5.41) is 16.8.